The minimum atomic E-state index is -3.59. The lowest BCUT2D eigenvalue weighted by molar-refractivity contribution is -0.116. The van der Waals surface area contributed by atoms with Crippen LogP contribution in [0.25, 0.3) is 0 Å². The van der Waals surface area contributed by atoms with Crippen molar-refractivity contribution in [3.05, 3.63) is 24.3 Å². The minimum absolute atomic E-state index is 0.0553. The first-order valence-electron chi connectivity index (χ1n) is 6.45. The highest BCUT2D eigenvalue weighted by molar-refractivity contribution is 7.89. The van der Waals surface area contributed by atoms with E-state index in [0.717, 1.165) is 6.42 Å². The molecule has 0 fully saturated rings. The molecule has 112 valence electrons. The molecule has 4 N–H and O–H groups in total. The maximum Gasteiger partial charge on any atom is 0.242 e. The lowest BCUT2D eigenvalue weighted by Gasteiger charge is -2.11. The summed E-state index contributed by atoms with van der Waals surface area (Å²) >= 11 is 0. The molecule has 6 nitrogen and oxygen atoms in total. The van der Waals surface area contributed by atoms with Gasteiger partial charge in [0.2, 0.25) is 15.9 Å². The molecule has 0 aromatic heterocycles. The molecule has 0 aliphatic heterocycles. The number of carbonyl (C=O) groups excluding carboxylic acids is 1. The van der Waals surface area contributed by atoms with Crippen molar-refractivity contribution in [2.45, 2.75) is 37.1 Å². The number of anilines is 1. The first-order chi connectivity index (χ1) is 9.36. The highest BCUT2D eigenvalue weighted by Crippen LogP contribution is 2.20. The summed E-state index contributed by atoms with van der Waals surface area (Å²) in [7, 11) is -2.26. The second-order valence-corrected chi connectivity index (χ2v) is 6.48. The zero-order valence-corrected chi connectivity index (χ0v) is 12.5. The van der Waals surface area contributed by atoms with Crippen molar-refractivity contribution in [3.63, 3.8) is 0 Å². The number of sulfonamides is 1. The summed E-state index contributed by atoms with van der Waals surface area (Å²) in [5, 5.41) is 2.63. The third kappa shape index (κ3) is 4.92. The molecule has 7 heteroatoms. The molecule has 20 heavy (non-hydrogen) atoms. The van der Waals surface area contributed by atoms with Crippen LogP contribution < -0.4 is 15.8 Å². The number of amides is 1. The topological polar surface area (TPSA) is 101 Å². The van der Waals surface area contributed by atoms with E-state index in [1.165, 1.54) is 13.1 Å². The summed E-state index contributed by atoms with van der Waals surface area (Å²) in [6.45, 7) is 1.88. The van der Waals surface area contributed by atoms with Gasteiger partial charge in [-0.05, 0) is 38.9 Å². The number of para-hydroxylation sites is 1. The van der Waals surface area contributed by atoms with Gasteiger partial charge in [0.1, 0.15) is 4.90 Å². The van der Waals surface area contributed by atoms with Gasteiger partial charge in [0, 0.05) is 12.5 Å². The maximum absolute atomic E-state index is 11.8. The quantitative estimate of drug-likeness (QED) is 0.700. The van der Waals surface area contributed by atoms with Crippen molar-refractivity contribution < 1.29 is 13.2 Å². The van der Waals surface area contributed by atoms with E-state index < -0.39 is 10.0 Å². The average Bonchev–Trinajstić information content (AvgIpc) is 2.38. The fourth-order valence-corrected chi connectivity index (χ4v) is 2.60. The number of nitrogens with two attached hydrogens (primary N) is 1. The van der Waals surface area contributed by atoms with Gasteiger partial charge in [-0.25, -0.2) is 13.1 Å². The number of hydrogen-bond donors (Lipinski definition) is 3. The van der Waals surface area contributed by atoms with Gasteiger partial charge in [0.05, 0.1) is 5.69 Å². The van der Waals surface area contributed by atoms with Crippen LogP contribution in [0.2, 0.25) is 0 Å². The van der Waals surface area contributed by atoms with Gasteiger partial charge in [0.25, 0.3) is 0 Å². The molecule has 1 aromatic carbocycles. The number of rotatable bonds is 7. The third-order valence-corrected chi connectivity index (χ3v) is 4.26. The Kier molecular flexibility index (Phi) is 6.12. The Balaban J connectivity index is 2.76. The third-order valence-electron chi connectivity index (χ3n) is 2.78. The molecule has 0 bridgehead atoms. The van der Waals surface area contributed by atoms with Crippen LogP contribution in [0.3, 0.4) is 0 Å². The highest BCUT2D eigenvalue weighted by Gasteiger charge is 2.17. The fourth-order valence-electron chi connectivity index (χ4n) is 1.71. The van der Waals surface area contributed by atoms with E-state index in [2.05, 4.69) is 10.0 Å². The van der Waals surface area contributed by atoms with Gasteiger partial charge in [-0.15, -0.1) is 0 Å². The van der Waals surface area contributed by atoms with Crippen LogP contribution in [-0.2, 0) is 14.8 Å². The van der Waals surface area contributed by atoms with Gasteiger partial charge in [-0.2, -0.15) is 0 Å². The van der Waals surface area contributed by atoms with Gasteiger partial charge in [0.15, 0.2) is 0 Å². The van der Waals surface area contributed by atoms with E-state index in [-0.39, 0.29) is 22.5 Å². The monoisotopic (exact) mass is 299 g/mol. The van der Waals surface area contributed by atoms with E-state index in [1.807, 2.05) is 6.92 Å². The second-order valence-electron chi connectivity index (χ2n) is 4.62. The minimum Gasteiger partial charge on any atom is -0.328 e. The van der Waals surface area contributed by atoms with Crippen molar-refractivity contribution in [1.29, 1.82) is 0 Å². The number of benzene rings is 1. The molecule has 0 radical (unpaired) electrons. The van der Waals surface area contributed by atoms with Crippen molar-refractivity contribution in [2.75, 3.05) is 12.4 Å². The molecule has 1 amide bonds. The Morgan fingerprint density at radius 3 is 2.60 bits per heavy atom. The molecule has 0 spiro atoms. The molecule has 0 heterocycles. The van der Waals surface area contributed by atoms with E-state index in [0.29, 0.717) is 12.8 Å². The number of carbonyl (C=O) groups is 1. The van der Waals surface area contributed by atoms with Gasteiger partial charge in [-0.1, -0.05) is 12.1 Å². The molecule has 1 unspecified atom stereocenters. The zero-order chi connectivity index (χ0) is 15.2. The number of nitrogens with one attached hydrogen (secondary N) is 2. The predicted molar refractivity (Wildman–Crippen MR) is 78.8 cm³/mol. The predicted octanol–water partition coefficient (Wildman–Crippen LogP) is 1.05. The molecule has 0 aliphatic carbocycles. The van der Waals surface area contributed by atoms with E-state index >= 15 is 0 Å². The summed E-state index contributed by atoms with van der Waals surface area (Å²) in [6.07, 6.45) is 1.74. The first-order valence-corrected chi connectivity index (χ1v) is 7.93. The summed E-state index contributed by atoms with van der Waals surface area (Å²) in [6, 6.07) is 6.35. The van der Waals surface area contributed by atoms with Crippen molar-refractivity contribution in [3.8, 4) is 0 Å². The Hall–Kier alpha value is -1.44. The van der Waals surface area contributed by atoms with E-state index in [4.69, 9.17) is 5.73 Å². The second kappa shape index (κ2) is 7.37. The molecular formula is C13H21N3O3S. The Labute approximate surface area is 119 Å². The Morgan fingerprint density at radius 2 is 2.00 bits per heavy atom. The smallest absolute Gasteiger partial charge is 0.242 e. The van der Waals surface area contributed by atoms with Gasteiger partial charge in [-0.3, -0.25) is 4.79 Å². The average molecular weight is 299 g/mol. The largest absolute Gasteiger partial charge is 0.328 e. The molecule has 1 atom stereocenters. The SMILES string of the molecule is CNS(=O)(=O)c1ccccc1NC(=O)CCCC(C)N. The highest BCUT2D eigenvalue weighted by atomic mass is 32.2. The summed E-state index contributed by atoms with van der Waals surface area (Å²) in [5.74, 6) is -0.218. The zero-order valence-electron chi connectivity index (χ0n) is 11.7. The van der Waals surface area contributed by atoms with E-state index in [1.54, 1.807) is 18.2 Å². The molecular weight excluding hydrogens is 278 g/mol. The molecule has 0 saturated carbocycles. The molecule has 1 aromatic rings. The summed E-state index contributed by atoms with van der Waals surface area (Å²) < 4.78 is 25.9. The fraction of sp³-hybridized carbons (Fsp3) is 0.462. The normalized spacial score (nSPS) is 12.9. The number of hydrogen-bond acceptors (Lipinski definition) is 4. The van der Waals surface area contributed by atoms with Crippen LogP contribution in [0.5, 0.6) is 0 Å². The van der Waals surface area contributed by atoms with Gasteiger partial charge >= 0.3 is 0 Å². The van der Waals surface area contributed by atoms with Crippen LogP contribution >= 0.6 is 0 Å². The van der Waals surface area contributed by atoms with Crippen molar-refractivity contribution >= 4 is 21.6 Å². The van der Waals surface area contributed by atoms with Gasteiger partial charge < -0.3 is 11.1 Å². The van der Waals surface area contributed by atoms with E-state index in [9.17, 15) is 13.2 Å². The van der Waals surface area contributed by atoms with Crippen molar-refractivity contribution in [2.24, 2.45) is 5.73 Å². The molecule has 1 rings (SSSR count). The van der Waals surface area contributed by atoms with Crippen molar-refractivity contribution in [1.82, 2.24) is 4.72 Å². The standard InChI is InChI=1S/C13H21N3O3S/c1-10(14)6-5-9-13(17)16-11-7-3-4-8-12(11)20(18,19)15-2/h3-4,7-8,10,15H,5-6,9,14H2,1-2H3,(H,16,17). The lowest BCUT2D eigenvalue weighted by atomic mass is 10.1. The van der Waals surface area contributed by atoms with Crippen LogP contribution in [0.15, 0.2) is 29.2 Å². The molecule has 0 aliphatic rings. The van der Waals surface area contributed by atoms with Crippen LogP contribution in [0.1, 0.15) is 26.2 Å². The Bertz CT molecular complexity index is 556. The van der Waals surface area contributed by atoms with Crippen LogP contribution in [-0.4, -0.2) is 27.4 Å². The van der Waals surface area contributed by atoms with Crippen LogP contribution in [0, 0.1) is 0 Å². The molecule has 0 saturated heterocycles. The summed E-state index contributed by atoms with van der Waals surface area (Å²) in [4.78, 5) is 11.9. The summed E-state index contributed by atoms with van der Waals surface area (Å²) in [5.41, 5.74) is 5.90. The Morgan fingerprint density at radius 1 is 1.35 bits per heavy atom. The van der Waals surface area contributed by atoms with Crippen LogP contribution in [0.4, 0.5) is 5.69 Å². The maximum atomic E-state index is 11.8. The first kappa shape index (κ1) is 16.6. The lowest BCUT2D eigenvalue weighted by Crippen LogP contribution is -2.22.